The van der Waals surface area contributed by atoms with Gasteiger partial charge >= 0.3 is 0 Å². The number of aryl methyl sites for hydroxylation is 1. The Morgan fingerprint density at radius 2 is 2.05 bits per heavy atom. The average molecular weight is 350 g/mol. The van der Waals surface area contributed by atoms with Crippen molar-refractivity contribution in [3.63, 3.8) is 0 Å². The van der Waals surface area contributed by atoms with Crippen LogP contribution in [-0.2, 0) is 6.54 Å². The molecule has 0 aliphatic heterocycles. The second-order valence-corrected chi connectivity index (χ2v) is 6.29. The van der Waals surface area contributed by atoms with Crippen LogP contribution >= 0.6 is 15.9 Å². The Bertz CT molecular complexity index is 655. The van der Waals surface area contributed by atoms with Crippen molar-refractivity contribution in [2.24, 2.45) is 0 Å². The fourth-order valence-corrected chi connectivity index (χ4v) is 2.56. The maximum atomic E-state index is 13.5. The van der Waals surface area contributed by atoms with E-state index in [1.165, 1.54) is 24.5 Å². The zero-order valence-electron chi connectivity index (χ0n) is 11.8. The van der Waals surface area contributed by atoms with Gasteiger partial charge in [0.1, 0.15) is 17.3 Å². The van der Waals surface area contributed by atoms with E-state index in [1.54, 1.807) is 19.1 Å². The predicted molar refractivity (Wildman–Crippen MR) is 85.2 cm³/mol. The van der Waals surface area contributed by atoms with Crippen LogP contribution in [0, 0.1) is 12.7 Å². The Morgan fingerprint density at radius 3 is 2.71 bits per heavy atom. The summed E-state index contributed by atoms with van der Waals surface area (Å²) in [6, 6.07) is 11.6. The van der Waals surface area contributed by atoms with Gasteiger partial charge in [-0.05, 0) is 65.0 Å². The molecule has 1 N–H and O–H groups in total. The van der Waals surface area contributed by atoms with E-state index in [9.17, 15) is 4.39 Å². The van der Waals surface area contributed by atoms with E-state index in [1.807, 2.05) is 18.2 Å². The molecule has 0 amide bonds. The van der Waals surface area contributed by atoms with Crippen LogP contribution in [-0.4, -0.2) is 6.04 Å². The number of halogens is 2. The van der Waals surface area contributed by atoms with E-state index < -0.39 is 0 Å². The Morgan fingerprint density at radius 1 is 1.24 bits per heavy atom. The first-order valence-corrected chi connectivity index (χ1v) is 7.87. The summed E-state index contributed by atoms with van der Waals surface area (Å²) in [6.07, 6.45) is 2.56. The quantitative estimate of drug-likeness (QED) is 0.825. The molecule has 1 aliphatic rings. The Balaban J connectivity index is 1.70. The van der Waals surface area contributed by atoms with Crippen molar-refractivity contribution in [2.75, 3.05) is 0 Å². The highest BCUT2D eigenvalue weighted by atomic mass is 79.9. The highest BCUT2D eigenvalue weighted by molar-refractivity contribution is 9.10. The van der Waals surface area contributed by atoms with Crippen molar-refractivity contribution in [1.29, 1.82) is 0 Å². The topological polar surface area (TPSA) is 21.3 Å². The van der Waals surface area contributed by atoms with Gasteiger partial charge in [-0.3, -0.25) is 0 Å². The summed E-state index contributed by atoms with van der Waals surface area (Å²) in [7, 11) is 0. The van der Waals surface area contributed by atoms with Gasteiger partial charge in [0, 0.05) is 18.7 Å². The maximum absolute atomic E-state index is 13.5. The highest BCUT2D eigenvalue weighted by Gasteiger charge is 2.20. The van der Waals surface area contributed by atoms with Crippen molar-refractivity contribution in [1.82, 2.24) is 5.32 Å². The van der Waals surface area contributed by atoms with Crippen molar-refractivity contribution < 1.29 is 9.13 Å². The van der Waals surface area contributed by atoms with E-state index >= 15 is 0 Å². The zero-order chi connectivity index (χ0) is 14.8. The standard InChI is InChI=1S/C17H17BrFNO/c1-11-2-6-14(9-16(11)19)21-17-7-3-12(8-15(17)18)10-20-13-4-5-13/h2-3,6-9,13,20H,4-5,10H2,1H3. The number of hydrogen-bond donors (Lipinski definition) is 1. The van der Waals surface area contributed by atoms with Gasteiger partial charge in [0.2, 0.25) is 0 Å². The summed E-state index contributed by atoms with van der Waals surface area (Å²) >= 11 is 3.51. The molecular formula is C17H17BrFNO. The third kappa shape index (κ3) is 3.83. The lowest BCUT2D eigenvalue weighted by molar-refractivity contribution is 0.473. The third-order valence-electron chi connectivity index (χ3n) is 3.54. The van der Waals surface area contributed by atoms with Crippen LogP contribution in [0.4, 0.5) is 4.39 Å². The number of benzene rings is 2. The molecular weight excluding hydrogens is 333 g/mol. The zero-order valence-corrected chi connectivity index (χ0v) is 13.4. The SMILES string of the molecule is Cc1ccc(Oc2ccc(CNC3CC3)cc2Br)cc1F. The molecule has 1 aliphatic carbocycles. The molecule has 21 heavy (non-hydrogen) atoms. The predicted octanol–water partition coefficient (Wildman–Crippen LogP) is 4.94. The fourth-order valence-electron chi connectivity index (χ4n) is 2.05. The van der Waals surface area contributed by atoms with Crippen molar-refractivity contribution in [3.8, 4) is 11.5 Å². The lowest BCUT2D eigenvalue weighted by atomic mass is 10.2. The van der Waals surface area contributed by atoms with Crippen LogP contribution in [0.5, 0.6) is 11.5 Å². The molecule has 2 aromatic rings. The number of ether oxygens (including phenoxy) is 1. The Kier molecular flexibility index (Phi) is 4.27. The average Bonchev–Trinajstić information content (AvgIpc) is 3.27. The molecule has 0 heterocycles. The molecule has 110 valence electrons. The number of nitrogens with one attached hydrogen (secondary N) is 1. The summed E-state index contributed by atoms with van der Waals surface area (Å²) in [5.74, 6) is 0.935. The highest BCUT2D eigenvalue weighted by Crippen LogP contribution is 2.31. The summed E-state index contributed by atoms with van der Waals surface area (Å²) in [5.41, 5.74) is 1.82. The second kappa shape index (κ2) is 6.16. The first-order valence-electron chi connectivity index (χ1n) is 7.07. The molecule has 0 aromatic heterocycles. The molecule has 1 saturated carbocycles. The molecule has 0 radical (unpaired) electrons. The molecule has 0 spiro atoms. The van der Waals surface area contributed by atoms with Crippen molar-refractivity contribution in [2.45, 2.75) is 32.4 Å². The normalized spacial score (nSPS) is 14.2. The molecule has 0 bridgehead atoms. The van der Waals surface area contributed by atoms with Crippen LogP contribution in [0.15, 0.2) is 40.9 Å². The van der Waals surface area contributed by atoms with E-state index in [0.717, 1.165) is 11.0 Å². The van der Waals surface area contributed by atoms with Crippen LogP contribution < -0.4 is 10.1 Å². The van der Waals surface area contributed by atoms with Gasteiger partial charge in [-0.25, -0.2) is 4.39 Å². The Hall–Kier alpha value is -1.39. The molecule has 3 rings (SSSR count). The molecule has 2 nitrogen and oxygen atoms in total. The van der Waals surface area contributed by atoms with Gasteiger partial charge in [-0.15, -0.1) is 0 Å². The van der Waals surface area contributed by atoms with E-state index in [0.29, 0.717) is 23.1 Å². The first kappa shape index (κ1) is 14.5. The molecule has 0 unspecified atom stereocenters. The van der Waals surface area contributed by atoms with Crippen molar-refractivity contribution >= 4 is 15.9 Å². The minimum absolute atomic E-state index is 0.256. The third-order valence-corrected chi connectivity index (χ3v) is 4.16. The van der Waals surface area contributed by atoms with Gasteiger partial charge in [-0.2, -0.15) is 0 Å². The second-order valence-electron chi connectivity index (χ2n) is 5.43. The summed E-state index contributed by atoms with van der Waals surface area (Å²) < 4.78 is 20.1. The van der Waals surface area contributed by atoms with Gasteiger partial charge in [-0.1, -0.05) is 12.1 Å². The molecule has 2 aromatic carbocycles. The maximum Gasteiger partial charge on any atom is 0.141 e. The summed E-state index contributed by atoms with van der Waals surface area (Å²) in [6.45, 7) is 2.60. The molecule has 1 fully saturated rings. The largest absolute Gasteiger partial charge is 0.456 e. The number of rotatable bonds is 5. The van der Waals surface area contributed by atoms with E-state index in [4.69, 9.17) is 4.74 Å². The minimum Gasteiger partial charge on any atom is -0.456 e. The van der Waals surface area contributed by atoms with Crippen LogP contribution in [0.25, 0.3) is 0 Å². The van der Waals surface area contributed by atoms with E-state index in [-0.39, 0.29) is 5.82 Å². The van der Waals surface area contributed by atoms with Gasteiger partial charge in [0.05, 0.1) is 4.47 Å². The van der Waals surface area contributed by atoms with Crippen LogP contribution in [0.1, 0.15) is 24.0 Å². The lowest BCUT2D eigenvalue weighted by Gasteiger charge is -2.10. The molecule has 4 heteroatoms. The minimum atomic E-state index is -0.256. The lowest BCUT2D eigenvalue weighted by Crippen LogP contribution is -2.15. The fraction of sp³-hybridized carbons (Fsp3) is 0.294. The smallest absolute Gasteiger partial charge is 0.141 e. The number of hydrogen-bond acceptors (Lipinski definition) is 2. The van der Waals surface area contributed by atoms with Crippen molar-refractivity contribution in [3.05, 3.63) is 57.8 Å². The molecule has 0 atom stereocenters. The first-order chi connectivity index (χ1) is 10.1. The Labute approximate surface area is 132 Å². The van der Waals surface area contributed by atoms with Gasteiger partial charge < -0.3 is 10.1 Å². The van der Waals surface area contributed by atoms with Gasteiger partial charge in [0.25, 0.3) is 0 Å². The molecule has 0 saturated heterocycles. The summed E-state index contributed by atoms with van der Waals surface area (Å²) in [5, 5.41) is 3.47. The monoisotopic (exact) mass is 349 g/mol. The van der Waals surface area contributed by atoms with Crippen LogP contribution in [0.2, 0.25) is 0 Å². The summed E-state index contributed by atoms with van der Waals surface area (Å²) in [4.78, 5) is 0. The van der Waals surface area contributed by atoms with E-state index in [2.05, 4.69) is 21.2 Å². The van der Waals surface area contributed by atoms with Crippen LogP contribution in [0.3, 0.4) is 0 Å². The van der Waals surface area contributed by atoms with Gasteiger partial charge in [0.15, 0.2) is 0 Å².